The van der Waals surface area contributed by atoms with E-state index in [0.717, 1.165) is 47.1 Å². The number of hydrogen-bond acceptors (Lipinski definition) is 5. The highest BCUT2D eigenvalue weighted by Gasteiger charge is 2.23. The van der Waals surface area contributed by atoms with Gasteiger partial charge in [-0.3, -0.25) is 5.32 Å². The second-order valence-corrected chi connectivity index (χ2v) is 7.31. The summed E-state index contributed by atoms with van der Waals surface area (Å²) in [6.45, 7) is 4.62. The molecule has 1 heterocycles. The van der Waals surface area contributed by atoms with Gasteiger partial charge in [0, 0.05) is 0 Å². The van der Waals surface area contributed by atoms with E-state index < -0.39 is 6.09 Å². The fraction of sp³-hybridized carbons (Fsp3) is 0.562. The monoisotopic (exact) mass is 336 g/mol. The van der Waals surface area contributed by atoms with Crippen LogP contribution >= 0.6 is 23.6 Å². The van der Waals surface area contributed by atoms with Gasteiger partial charge in [-0.05, 0) is 42.7 Å². The molecule has 1 aliphatic carbocycles. The zero-order chi connectivity index (χ0) is 16.1. The number of carbonyl (C=O) groups is 1. The van der Waals surface area contributed by atoms with Crippen molar-refractivity contribution in [1.29, 1.82) is 5.26 Å². The lowest BCUT2D eigenvalue weighted by atomic mass is 9.85. The SMILES string of the molecule is CCCCOC(=O)Nc1sc(=S)c2c(c1C#N)CCC(C)C2. The van der Waals surface area contributed by atoms with Gasteiger partial charge in [-0.1, -0.05) is 32.5 Å². The Balaban J connectivity index is 2.26. The summed E-state index contributed by atoms with van der Waals surface area (Å²) in [5.74, 6) is 0.589. The van der Waals surface area contributed by atoms with E-state index in [0.29, 0.717) is 23.1 Å². The molecule has 1 atom stereocenters. The van der Waals surface area contributed by atoms with Crippen molar-refractivity contribution in [2.45, 2.75) is 46.0 Å². The predicted molar refractivity (Wildman–Crippen MR) is 90.9 cm³/mol. The molecule has 0 spiro atoms. The van der Waals surface area contributed by atoms with Crippen molar-refractivity contribution in [2.75, 3.05) is 11.9 Å². The predicted octanol–water partition coefficient (Wildman–Crippen LogP) is 4.82. The van der Waals surface area contributed by atoms with Crippen LogP contribution in [0, 0.1) is 21.1 Å². The van der Waals surface area contributed by atoms with Crippen molar-refractivity contribution < 1.29 is 9.53 Å². The maximum absolute atomic E-state index is 11.8. The maximum atomic E-state index is 11.8. The first-order valence-corrected chi connectivity index (χ1v) is 8.82. The van der Waals surface area contributed by atoms with Crippen LogP contribution in [0.5, 0.6) is 0 Å². The molecular formula is C16H20N2O2S2. The van der Waals surface area contributed by atoms with E-state index in [-0.39, 0.29) is 0 Å². The molecule has 1 aromatic rings. The molecule has 0 saturated heterocycles. The van der Waals surface area contributed by atoms with Crippen LogP contribution in [-0.2, 0) is 17.6 Å². The molecule has 4 nitrogen and oxygen atoms in total. The highest BCUT2D eigenvalue weighted by molar-refractivity contribution is 7.73. The van der Waals surface area contributed by atoms with Crippen LogP contribution in [0.4, 0.5) is 9.80 Å². The normalized spacial score (nSPS) is 16.5. The summed E-state index contributed by atoms with van der Waals surface area (Å²) in [5, 5.41) is 12.7. The van der Waals surface area contributed by atoms with E-state index >= 15 is 0 Å². The zero-order valence-electron chi connectivity index (χ0n) is 12.9. The maximum Gasteiger partial charge on any atom is 0.412 e. The molecule has 1 unspecified atom stereocenters. The Morgan fingerprint density at radius 1 is 1.55 bits per heavy atom. The summed E-state index contributed by atoms with van der Waals surface area (Å²) in [7, 11) is 0. The van der Waals surface area contributed by atoms with Crippen LogP contribution in [0.3, 0.4) is 0 Å². The Bertz CT molecular complexity index is 661. The molecule has 1 amide bonds. The number of fused-ring (bicyclic) bond motifs is 1. The third-order valence-electron chi connectivity index (χ3n) is 3.83. The summed E-state index contributed by atoms with van der Waals surface area (Å²) in [6.07, 6.45) is 4.09. The van der Waals surface area contributed by atoms with Gasteiger partial charge in [0.15, 0.2) is 0 Å². The fourth-order valence-corrected chi connectivity index (χ4v) is 3.96. The summed E-state index contributed by atoms with van der Waals surface area (Å²) in [5.41, 5.74) is 2.67. The number of unbranched alkanes of at least 4 members (excludes halogenated alkanes) is 1. The summed E-state index contributed by atoms with van der Waals surface area (Å²) >= 11 is 6.76. The third kappa shape index (κ3) is 3.84. The van der Waals surface area contributed by atoms with E-state index in [4.69, 9.17) is 17.0 Å². The fourth-order valence-electron chi connectivity index (χ4n) is 2.58. The standard InChI is InChI=1S/C16H20N2O2S2/c1-3-4-7-20-16(19)18-14-13(9-17)11-6-5-10(2)8-12(11)15(21)22-14/h10H,3-8H2,1-2H3,(H,18,19). The number of nitriles is 1. The van der Waals surface area contributed by atoms with E-state index in [1.165, 1.54) is 11.3 Å². The van der Waals surface area contributed by atoms with E-state index in [1.807, 2.05) is 6.92 Å². The molecule has 0 radical (unpaired) electrons. The third-order valence-corrected chi connectivity index (χ3v) is 5.27. The van der Waals surface area contributed by atoms with E-state index in [2.05, 4.69) is 18.3 Å². The van der Waals surface area contributed by atoms with Crippen molar-refractivity contribution >= 4 is 34.6 Å². The molecule has 22 heavy (non-hydrogen) atoms. The summed E-state index contributed by atoms with van der Waals surface area (Å²) in [4.78, 5) is 11.8. The molecule has 1 aromatic heterocycles. The van der Waals surface area contributed by atoms with Gasteiger partial charge < -0.3 is 4.74 Å². The number of anilines is 1. The number of hydrogen-bond donors (Lipinski definition) is 1. The van der Waals surface area contributed by atoms with Gasteiger partial charge in [0.2, 0.25) is 0 Å². The molecule has 1 N–H and O–H groups in total. The molecule has 0 fully saturated rings. The lowest BCUT2D eigenvalue weighted by molar-refractivity contribution is 0.160. The van der Waals surface area contributed by atoms with Gasteiger partial charge in [-0.25, -0.2) is 4.79 Å². The Labute approximate surface area is 140 Å². The van der Waals surface area contributed by atoms with Crippen molar-refractivity contribution in [3.8, 4) is 6.07 Å². The molecule has 2 rings (SSSR count). The Morgan fingerprint density at radius 2 is 2.32 bits per heavy atom. The van der Waals surface area contributed by atoms with Gasteiger partial charge in [0.05, 0.1) is 16.0 Å². The average molecular weight is 336 g/mol. The van der Waals surface area contributed by atoms with Crippen molar-refractivity contribution in [2.24, 2.45) is 5.92 Å². The number of ether oxygens (including phenoxy) is 1. The van der Waals surface area contributed by atoms with Crippen LogP contribution < -0.4 is 5.32 Å². The highest BCUT2D eigenvalue weighted by Crippen LogP contribution is 2.35. The van der Waals surface area contributed by atoms with Crippen molar-refractivity contribution in [1.82, 2.24) is 0 Å². The lowest BCUT2D eigenvalue weighted by Gasteiger charge is -2.23. The van der Waals surface area contributed by atoms with Gasteiger partial charge in [-0.2, -0.15) is 5.26 Å². The van der Waals surface area contributed by atoms with Crippen molar-refractivity contribution in [3.05, 3.63) is 20.5 Å². The molecule has 1 aliphatic rings. The second-order valence-electron chi connectivity index (χ2n) is 5.62. The molecule has 0 aromatic carbocycles. The lowest BCUT2D eigenvalue weighted by Crippen LogP contribution is -2.17. The average Bonchev–Trinajstić information content (AvgIpc) is 2.48. The van der Waals surface area contributed by atoms with Gasteiger partial charge in [-0.15, -0.1) is 11.3 Å². The van der Waals surface area contributed by atoms with Crippen LogP contribution in [-0.4, -0.2) is 12.7 Å². The van der Waals surface area contributed by atoms with Gasteiger partial charge >= 0.3 is 6.09 Å². The number of rotatable bonds is 4. The van der Waals surface area contributed by atoms with E-state index in [1.54, 1.807) is 0 Å². The number of nitrogens with zero attached hydrogens (tertiary/aromatic N) is 1. The molecule has 0 aliphatic heterocycles. The van der Waals surface area contributed by atoms with Crippen LogP contribution in [0.15, 0.2) is 0 Å². The molecule has 6 heteroatoms. The molecular weight excluding hydrogens is 316 g/mol. The van der Waals surface area contributed by atoms with Gasteiger partial charge in [0.1, 0.15) is 11.1 Å². The van der Waals surface area contributed by atoms with Crippen LogP contribution in [0.1, 0.15) is 49.8 Å². The Kier molecular flexibility index (Phi) is 5.92. The van der Waals surface area contributed by atoms with Crippen LogP contribution in [0.25, 0.3) is 0 Å². The largest absolute Gasteiger partial charge is 0.449 e. The quantitative estimate of drug-likeness (QED) is 0.632. The minimum Gasteiger partial charge on any atom is -0.449 e. The summed E-state index contributed by atoms with van der Waals surface area (Å²) in [6, 6.07) is 2.23. The van der Waals surface area contributed by atoms with Crippen LogP contribution in [0.2, 0.25) is 0 Å². The minimum absolute atomic E-state index is 0.387. The molecule has 0 bridgehead atoms. The number of carbonyl (C=O) groups excluding carboxylic acids is 1. The van der Waals surface area contributed by atoms with Gasteiger partial charge in [0.25, 0.3) is 0 Å². The smallest absolute Gasteiger partial charge is 0.412 e. The molecule has 118 valence electrons. The first-order chi connectivity index (χ1) is 10.6. The summed E-state index contributed by atoms with van der Waals surface area (Å²) < 4.78 is 5.87. The van der Waals surface area contributed by atoms with Crippen molar-refractivity contribution in [3.63, 3.8) is 0 Å². The molecule has 0 saturated carbocycles. The Morgan fingerprint density at radius 3 is 3.00 bits per heavy atom. The first-order valence-electron chi connectivity index (χ1n) is 7.59. The van der Waals surface area contributed by atoms with E-state index in [9.17, 15) is 10.1 Å². The number of amides is 1. The second kappa shape index (κ2) is 7.70. The Hall–Kier alpha value is -1.45. The minimum atomic E-state index is -0.514. The number of nitrogens with one attached hydrogen (secondary N) is 1. The zero-order valence-corrected chi connectivity index (χ0v) is 14.5. The first kappa shape index (κ1) is 16.9. The topological polar surface area (TPSA) is 62.1 Å². The highest BCUT2D eigenvalue weighted by atomic mass is 32.1.